The van der Waals surface area contributed by atoms with Crippen LogP contribution in [-0.4, -0.2) is 12.2 Å². The molecule has 0 aliphatic rings. The Morgan fingerprint density at radius 3 is 2.35 bits per heavy atom. The molecule has 0 heterocycles. The maximum absolute atomic E-state index is 5.76. The lowest BCUT2D eigenvalue weighted by atomic mass is 10.0. The molecule has 3 N–H and O–H groups in total. The molecule has 0 aliphatic carbocycles. The molecule has 1 aromatic rings. The van der Waals surface area contributed by atoms with Crippen molar-refractivity contribution in [2.75, 3.05) is 6.61 Å². The van der Waals surface area contributed by atoms with Gasteiger partial charge < -0.3 is 4.74 Å². The van der Waals surface area contributed by atoms with Crippen molar-refractivity contribution in [3.63, 3.8) is 0 Å². The first-order valence-electron chi connectivity index (χ1n) is 6.01. The summed E-state index contributed by atoms with van der Waals surface area (Å²) < 4.78 is 5.76. The number of benzene rings is 1. The number of hydrogen-bond acceptors (Lipinski definition) is 3. The van der Waals surface area contributed by atoms with Crippen molar-refractivity contribution in [2.45, 2.75) is 46.3 Å². The topological polar surface area (TPSA) is 47.3 Å². The van der Waals surface area contributed by atoms with Gasteiger partial charge in [0, 0.05) is 0 Å². The van der Waals surface area contributed by atoms with Crippen molar-refractivity contribution >= 4 is 0 Å². The van der Waals surface area contributed by atoms with Crippen molar-refractivity contribution in [3.8, 4) is 0 Å². The second-order valence-corrected chi connectivity index (χ2v) is 5.49. The predicted molar refractivity (Wildman–Crippen MR) is 71.7 cm³/mol. The third-order valence-corrected chi connectivity index (χ3v) is 2.82. The summed E-state index contributed by atoms with van der Waals surface area (Å²) in [5.41, 5.74) is 6.40. The standard InChI is InChI=1S/C14H24N2O/c1-10-6-7-12(8-11(10)2)13(16-15)9-17-14(3,4)5/h6-8,13,16H,9,15H2,1-5H3. The molecule has 0 saturated heterocycles. The fourth-order valence-electron chi connectivity index (χ4n) is 1.56. The summed E-state index contributed by atoms with van der Waals surface area (Å²) in [6.45, 7) is 10.9. The van der Waals surface area contributed by atoms with Crippen molar-refractivity contribution in [1.29, 1.82) is 0 Å². The summed E-state index contributed by atoms with van der Waals surface area (Å²) in [6, 6.07) is 6.41. The van der Waals surface area contributed by atoms with E-state index in [2.05, 4.69) is 37.5 Å². The number of hydrazine groups is 1. The van der Waals surface area contributed by atoms with E-state index in [1.807, 2.05) is 20.8 Å². The molecule has 0 bridgehead atoms. The number of hydrogen-bond donors (Lipinski definition) is 2. The smallest absolute Gasteiger partial charge is 0.0694 e. The summed E-state index contributed by atoms with van der Waals surface area (Å²) in [6.07, 6.45) is 0. The van der Waals surface area contributed by atoms with E-state index in [0.29, 0.717) is 6.61 Å². The van der Waals surface area contributed by atoms with E-state index in [4.69, 9.17) is 10.6 Å². The Morgan fingerprint density at radius 1 is 1.24 bits per heavy atom. The molecule has 0 spiro atoms. The lowest BCUT2D eigenvalue weighted by Gasteiger charge is -2.24. The van der Waals surface area contributed by atoms with Crippen LogP contribution in [0.15, 0.2) is 18.2 Å². The fraction of sp³-hybridized carbons (Fsp3) is 0.571. The van der Waals surface area contributed by atoms with Gasteiger partial charge in [-0.05, 0) is 51.3 Å². The third kappa shape index (κ3) is 4.46. The predicted octanol–water partition coefficient (Wildman–Crippen LogP) is 2.62. The average Bonchev–Trinajstić information content (AvgIpc) is 2.22. The molecule has 3 heteroatoms. The van der Waals surface area contributed by atoms with Crippen molar-refractivity contribution in [1.82, 2.24) is 5.43 Å². The maximum Gasteiger partial charge on any atom is 0.0694 e. The van der Waals surface area contributed by atoms with E-state index in [9.17, 15) is 0 Å². The molecular weight excluding hydrogens is 212 g/mol. The SMILES string of the molecule is Cc1ccc(C(COC(C)(C)C)NN)cc1C. The number of ether oxygens (including phenoxy) is 1. The minimum atomic E-state index is -0.144. The van der Waals surface area contributed by atoms with Gasteiger partial charge in [-0.1, -0.05) is 18.2 Å². The highest BCUT2D eigenvalue weighted by molar-refractivity contribution is 5.31. The fourth-order valence-corrected chi connectivity index (χ4v) is 1.56. The Labute approximate surface area is 104 Å². The Hall–Kier alpha value is -0.900. The first-order chi connectivity index (χ1) is 7.83. The zero-order valence-electron chi connectivity index (χ0n) is 11.5. The van der Waals surface area contributed by atoms with E-state index < -0.39 is 0 Å². The van der Waals surface area contributed by atoms with Gasteiger partial charge in [-0.3, -0.25) is 11.3 Å². The largest absolute Gasteiger partial charge is 0.374 e. The van der Waals surface area contributed by atoms with Crippen LogP contribution >= 0.6 is 0 Å². The Kier molecular flexibility index (Phi) is 4.69. The summed E-state index contributed by atoms with van der Waals surface area (Å²) in [4.78, 5) is 0. The monoisotopic (exact) mass is 236 g/mol. The number of nitrogens with two attached hydrogens (primary N) is 1. The van der Waals surface area contributed by atoms with Crippen LogP contribution in [-0.2, 0) is 4.74 Å². The maximum atomic E-state index is 5.76. The number of rotatable bonds is 4. The summed E-state index contributed by atoms with van der Waals surface area (Å²) in [7, 11) is 0. The third-order valence-electron chi connectivity index (χ3n) is 2.82. The molecule has 0 saturated carbocycles. The summed E-state index contributed by atoms with van der Waals surface area (Å²) >= 11 is 0. The van der Waals surface area contributed by atoms with Gasteiger partial charge in [0.15, 0.2) is 0 Å². The van der Waals surface area contributed by atoms with Gasteiger partial charge in [0.25, 0.3) is 0 Å². The summed E-state index contributed by atoms with van der Waals surface area (Å²) in [5.74, 6) is 5.59. The highest BCUT2D eigenvalue weighted by Crippen LogP contribution is 2.19. The molecule has 1 aromatic carbocycles. The molecule has 17 heavy (non-hydrogen) atoms. The minimum absolute atomic E-state index is 0.0357. The highest BCUT2D eigenvalue weighted by atomic mass is 16.5. The molecular formula is C14H24N2O. The van der Waals surface area contributed by atoms with Gasteiger partial charge in [-0.15, -0.1) is 0 Å². The van der Waals surface area contributed by atoms with Gasteiger partial charge in [0.1, 0.15) is 0 Å². The first kappa shape index (κ1) is 14.2. The second-order valence-electron chi connectivity index (χ2n) is 5.49. The van der Waals surface area contributed by atoms with Crippen LogP contribution in [0.5, 0.6) is 0 Å². The Balaban J connectivity index is 2.76. The quantitative estimate of drug-likeness (QED) is 0.624. The van der Waals surface area contributed by atoms with Gasteiger partial charge in [0.2, 0.25) is 0 Å². The van der Waals surface area contributed by atoms with E-state index in [-0.39, 0.29) is 11.6 Å². The van der Waals surface area contributed by atoms with Crippen molar-refractivity contribution in [3.05, 3.63) is 34.9 Å². The molecule has 0 aromatic heterocycles. The van der Waals surface area contributed by atoms with Crippen LogP contribution < -0.4 is 11.3 Å². The Bertz CT molecular complexity index is 369. The van der Waals surface area contributed by atoms with E-state index in [1.165, 1.54) is 16.7 Å². The van der Waals surface area contributed by atoms with Crippen molar-refractivity contribution in [2.24, 2.45) is 5.84 Å². The van der Waals surface area contributed by atoms with Gasteiger partial charge in [-0.25, -0.2) is 0 Å². The molecule has 0 amide bonds. The van der Waals surface area contributed by atoms with Crippen LogP contribution in [0.2, 0.25) is 0 Å². The van der Waals surface area contributed by atoms with Gasteiger partial charge in [-0.2, -0.15) is 0 Å². The minimum Gasteiger partial charge on any atom is -0.374 e. The van der Waals surface area contributed by atoms with E-state index >= 15 is 0 Å². The Morgan fingerprint density at radius 2 is 1.88 bits per heavy atom. The molecule has 3 nitrogen and oxygen atoms in total. The zero-order chi connectivity index (χ0) is 13.1. The van der Waals surface area contributed by atoms with Crippen LogP contribution in [0.4, 0.5) is 0 Å². The lowest BCUT2D eigenvalue weighted by molar-refractivity contribution is -0.0148. The van der Waals surface area contributed by atoms with Gasteiger partial charge >= 0.3 is 0 Å². The van der Waals surface area contributed by atoms with Crippen molar-refractivity contribution < 1.29 is 4.74 Å². The number of nitrogens with one attached hydrogen (secondary N) is 1. The average molecular weight is 236 g/mol. The van der Waals surface area contributed by atoms with Crippen LogP contribution in [0.3, 0.4) is 0 Å². The van der Waals surface area contributed by atoms with Crippen LogP contribution in [0.25, 0.3) is 0 Å². The van der Waals surface area contributed by atoms with Crippen LogP contribution in [0.1, 0.15) is 43.5 Å². The zero-order valence-corrected chi connectivity index (χ0v) is 11.5. The van der Waals surface area contributed by atoms with E-state index in [1.54, 1.807) is 0 Å². The molecule has 0 aliphatic heterocycles. The lowest BCUT2D eigenvalue weighted by Crippen LogP contribution is -2.34. The second kappa shape index (κ2) is 5.63. The normalized spacial score (nSPS) is 13.8. The van der Waals surface area contributed by atoms with Crippen LogP contribution in [0, 0.1) is 13.8 Å². The molecule has 96 valence electrons. The molecule has 0 radical (unpaired) electrons. The summed E-state index contributed by atoms with van der Waals surface area (Å²) in [5, 5.41) is 0. The first-order valence-corrected chi connectivity index (χ1v) is 6.01. The van der Waals surface area contributed by atoms with E-state index in [0.717, 1.165) is 0 Å². The number of aryl methyl sites for hydroxylation is 2. The molecule has 1 rings (SSSR count). The highest BCUT2D eigenvalue weighted by Gasteiger charge is 2.16. The molecule has 0 fully saturated rings. The molecule has 1 atom stereocenters. The van der Waals surface area contributed by atoms with Gasteiger partial charge in [0.05, 0.1) is 18.2 Å². The molecule has 1 unspecified atom stereocenters.